The third-order valence-corrected chi connectivity index (χ3v) is 8.56. The van der Waals surface area contributed by atoms with E-state index in [0.717, 1.165) is 43.0 Å². The Balaban J connectivity index is 1.75. The van der Waals surface area contributed by atoms with Crippen molar-refractivity contribution in [3.8, 4) is 5.75 Å². The molecule has 2 aliphatic carbocycles. The maximum Gasteiger partial charge on any atom is 0.222 e. The van der Waals surface area contributed by atoms with Gasteiger partial charge >= 0.3 is 0 Å². The van der Waals surface area contributed by atoms with E-state index in [1.165, 1.54) is 12.8 Å². The number of likely N-dealkylation sites (tertiary alicyclic amines) is 1. The molecule has 3 N–H and O–H groups in total. The minimum Gasteiger partial charge on any atom is -0.508 e. The summed E-state index contributed by atoms with van der Waals surface area (Å²) in [6, 6.07) is 5.53. The number of phenols is 1. The van der Waals surface area contributed by atoms with Crippen LogP contribution in [0, 0.1) is 24.7 Å². The van der Waals surface area contributed by atoms with Crippen molar-refractivity contribution in [2.75, 3.05) is 13.1 Å². The van der Waals surface area contributed by atoms with Crippen LogP contribution in [0.4, 0.5) is 0 Å². The van der Waals surface area contributed by atoms with E-state index < -0.39 is 11.0 Å². The number of nitrogens with one attached hydrogen (secondary N) is 1. The van der Waals surface area contributed by atoms with Gasteiger partial charge in [0.15, 0.2) is 0 Å². The van der Waals surface area contributed by atoms with Crippen LogP contribution in [0.25, 0.3) is 0 Å². The number of amides is 1. The molecule has 0 radical (unpaired) electrons. The number of fused-ring (bicyclic) bond motifs is 1. The first kappa shape index (κ1) is 22.6. The second-order valence-electron chi connectivity index (χ2n) is 11.0. The molecular formula is C26H40N2O3. The standard InChI is InChI=1S/C26H40N2O3/c1-16(2)24(30)27-23-14-26(31)19(5)28(15-20-7-8-20)11-10-25(26,13-18(23)4)22-12-21(29)9-6-17(22)3/h6,9,12,16,18-20,23,29,31H,7-8,10-11,13-15H2,1-5H3,(H,27,30). The minimum atomic E-state index is -0.972. The molecule has 31 heavy (non-hydrogen) atoms. The first-order valence-electron chi connectivity index (χ1n) is 12.1. The number of phenolic OH excluding ortho intramolecular Hbond substituents is 1. The third-order valence-electron chi connectivity index (χ3n) is 8.56. The molecule has 0 spiro atoms. The number of nitrogens with zero attached hydrogens (tertiary/aromatic N) is 1. The quantitative estimate of drug-likeness (QED) is 0.668. The summed E-state index contributed by atoms with van der Waals surface area (Å²) in [5.41, 5.74) is 0.804. The minimum absolute atomic E-state index is 0.00505. The lowest BCUT2D eigenvalue weighted by Gasteiger charge is -2.63. The Bertz CT molecular complexity index is 836. The molecule has 4 rings (SSSR count). The highest BCUT2D eigenvalue weighted by atomic mass is 16.3. The number of carbonyl (C=O) groups is 1. The molecular weight excluding hydrogens is 388 g/mol. The van der Waals surface area contributed by atoms with Crippen LogP contribution in [0.3, 0.4) is 0 Å². The predicted molar refractivity (Wildman–Crippen MR) is 123 cm³/mol. The number of piperidine rings is 1. The second-order valence-corrected chi connectivity index (χ2v) is 11.0. The monoisotopic (exact) mass is 428 g/mol. The van der Waals surface area contributed by atoms with Crippen LogP contribution in [0.15, 0.2) is 18.2 Å². The molecule has 172 valence electrons. The van der Waals surface area contributed by atoms with Crippen LogP contribution in [0.5, 0.6) is 5.75 Å². The Morgan fingerprint density at radius 2 is 1.97 bits per heavy atom. The molecule has 1 aliphatic heterocycles. The Labute approximate surface area is 187 Å². The SMILES string of the molecule is Cc1ccc(O)cc1C12CCN(CC3CC3)C(C)C1(O)CC(NC(=O)C(C)C)C(C)C2. The maximum atomic E-state index is 12.5. The van der Waals surface area contributed by atoms with Gasteiger partial charge < -0.3 is 15.5 Å². The number of rotatable bonds is 5. The third kappa shape index (κ3) is 3.89. The van der Waals surface area contributed by atoms with Crippen molar-refractivity contribution in [2.24, 2.45) is 17.8 Å². The number of aliphatic hydroxyl groups is 1. The number of aromatic hydroxyl groups is 1. The lowest BCUT2D eigenvalue weighted by molar-refractivity contribution is -0.170. The molecule has 1 amide bonds. The highest BCUT2D eigenvalue weighted by Gasteiger charge is 2.63. The maximum absolute atomic E-state index is 12.5. The molecule has 0 aromatic heterocycles. The highest BCUT2D eigenvalue weighted by molar-refractivity contribution is 5.78. The summed E-state index contributed by atoms with van der Waals surface area (Å²) in [5.74, 6) is 1.25. The first-order valence-corrected chi connectivity index (χ1v) is 12.1. The van der Waals surface area contributed by atoms with Crippen LogP contribution in [0.2, 0.25) is 0 Å². The summed E-state index contributed by atoms with van der Waals surface area (Å²) in [4.78, 5) is 15.0. The Morgan fingerprint density at radius 3 is 2.61 bits per heavy atom. The van der Waals surface area contributed by atoms with E-state index in [-0.39, 0.29) is 35.6 Å². The van der Waals surface area contributed by atoms with E-state index in [1.807, 2.05) is 26.0 Å². The van der Waals surface area contributed by atoms with Crippen molar-refractivity contribution in [2.45, 2.75) is 89.8 Å². The second kappa shape index (κ2) is 8.08. The zero-order valence-corrected chi connectivity index (χ0v) is 19.8. The highest BCUT2D eigenvalue weighted by Crippen LogP contribution is 2.56. The molecule has 5 nitrogen and oxygen atoms in total. The lowest BCUT2D eigenvalue weighted by Crippen LogP contribution is -2.72. The molecule has 5 atom stereocenters. The Kier molecular flexibility index (Phi) is 5.89. The molecule has 3 fully saturated rings. The van der Waals surface area contributed by atoms with Crippen molar-refractivity contribution in [3.63, 3.8) is 0 Å². The average molecular weight is 429 g/mol. The predicted octanol–water partition coefficient (Wildman–Crippen LogP) is 3.74. The Morgan fingerprint density at radius 1 is 1.26 bits per heavy atom. The van der Waals surface area contributed by atoms with Crippen LogP contribution < -0.4 is 5.32 Å². The van der Waals surface area contributed by atoms with Crippen molar-refractivity contribution in [1.82, 2.24) is 10.2 Å². The molecule has 1 aromatic carbocycles. The summed E-state index contributed by atoms with van der Waals surface area (Å²) >= 11 is 0. The van der Waals surface area contributed by atoms with Gasteiger partial charge in [0.2, 0.25) is 5.91 Å². The summed E-state index contributed by atoms with van der Waals surface area (Å²) in [6.45, 7) is 12.3. The van der Waals surface area contributed by atoms with E-state index in [9.17, 15) is 15.0 Å². The first-order chi connectivity index (χ1) is 14.6. The Hall–Kier alpha value is -1.59. The number of benzene rings is 1. The summed E-state index contributed by atoms with van der Waals surface area (Å²) < 4.78 is 0. The van der Waals surface area contributed by atoms with Crippen molar-refractivity contribution in [3.05, 3.63) is 29.3 Å². The van der Waals surface area contributed by atoms with Gasteiger partial charge in [-0.05, 0) is 87.6 Å². The van der Waals surface area contributed by atoms with Gasteiger partial charge in [0.05, 0.1) is 5.60 Å². The van der Waals surface area contributed by atoms with Crippen molar-refractivity contribution < 1.29 is 15.0 Å². The molecule has 3 aliphatic rings. The van der Waals surface area contributed by atoms with Gasteiger partial charge in [-0.3, -0.25) is 9.69 Å². The molecule has 2 saturated carbocycles. The fourth-order valence-electron chi connectivity index (χ4n) is 6.35. The van der Waals surface area contributed by atoms with E-state index in [1.54, 1.807) is 6.07 Å². The van der Waals surface area contributed by atoms with Gasteiger partial charge in [-0.25, -0.2) is 0 Å². The van der Waals surface area contributed by atoms with E-state index in [4.69, 9.17) is 0 Å². The van der Waals surface area contributed by atoms with Crippen molar-refractivity contribution >= 4 is 5.91 Å². The van der Waals surface area contributed by atoms with Crippen molar-refractivity contribution in [1.29, 1.82) is 0 Å². The topological polar surface area (TPSA) is 72.8 Å². The zero-order chi connectivity index (χ0) is 22.6. The number of hydrogen-bond donors (Lipinski definition) is 3. The van der Waals surface area contributed by atoms with E-state index >= 15 is 0 Å². The van der Waals surface area contributed by atoms with Crippen LogP contribution in [-0.2, 0) is 10.2 Å². The van der Waals surface area contributed by atoms with Gasteiger partial charge in [0, 0.05) is 30.0 Å². The van der Waals surface area contributed by atoms with Gasteiger partial charge in [-0.2, -0.15) is 0 Å². The smallest absolute Gasteiger partial charge is 0.222 e. The van der Waals surface area contributed by atoms with Crippen LogP contribution in [-0.4, -0.2) is 51.8 Å². The lowest BCUT2D eigenvalue weighted by atomic mass is 9.50. The summed E-state index contributed by atoms with van der Waals surface area (Å²) in [7, 11) is 0. The zero-order valence-electron chi connectivity index (χ0n) is 19.8. The molecule has 1 aromatic rings. The van der Waals surface area contributed by atoms with Crippen LogP contribution in [0.1, 0.15) is 70.9 Å². The largest absolute Gasteiger partial charge is 0.508 e. The molecule has 0 bridgehead atoms. The van der Waals surface area contributed by atoms with Gasteiger partial charge in [0.25, 0.3) is 0 Å². The summed E-state index contributed by atoms with van der Waals surface area (Å²) in [5, 5.41) is 26.1. The van der Waals surface area contributed by atoms with E-state index in [2.05, 4.69) is 31.0 Å². The normalized spacial score (nSPS) is 36.3. The molecule has 5 unspecified atom stereocenters. The number of carbonyl (C=O) groups excluding carboxylic acids is 1. The number of aryl methyl sites for hydroxylation is 1. The van der Waals surface area contributed by atoms with Gasteiger partial charge in [-0.1, -0.05) is 26.8 Å². The molecule has 5 heteroatoms. The molecule has 1 heterocycles. The average Bonchev–Trinajstić information content (AvgIpc) is 3.52. The molecule has 1 saturated heterocycles. The van der Waals surface area contributed by atoms with Gasteiger partial charge in [-0.15, -0.1) is 0 Å². The van der Waals surface area contributed by atoms with Crippen LogP contribution >= 0.6 is 0 Å². The fraction of sp³-hybridized carbons (Fsp3) is 0.731. The fourth-order valence-corrected chi connectivity index (χ4v) is 6.35. The summed E-state index contributed by atoms with van der Waals surface area (Å²) in [6.07, 6.45) is 4.81. The van der Waals surface area contributed by atoms with Gasteiger partial charge in [0.1, 0.15) is 5.75 Å². The number of hydrogen-bond acceptors (Lipinski definition) is 4. The van der Waals surface area contributed by atoms with E-state index in [0.29, 0.717) is 6.42 Å².